The van der Waals surface area contributed by atoms with Crippen molar-refractivity contribution in [3.63, 3.8) is 0 Å². The molecule has 3 rings (SSSR count). The first-order valence-electron chi connectivity index (χ1n) is 8.72. The highest BCUT2D eigenvalue weighted by Crippen LogP contribution is 2.25. The number of urea groups is 1. The quantitative estimate of drug-likeness (QED) is 0.783. The Bertz CT molecular complexity index is 654. The zero-order valence-electron chi connectivity index (χ0n) is 14.2. The van der Waals surface area contributed by atoms with Crippen LogP contribution in [0.15, 0.2) is 41.8 Å². The highest BCUT2D eigenvalue weighted by Gasteiger charge is 2.15. The van der Waals surface area contributed by atoms with Gasteiger partial charge in [0.2, 0.25) is 0 Å². The summed E-state index contributed by atoms with van der Waals surface area (Å²) in [6, 6.07) is 11.4. The normalized spacial score (nSPS) is 17.0. The van der Waals surface area contributed by atoms with Gasteiger partial charge >= 0.3 is 6.03 Å². The van der Waals surface area contributed by atoms with Gasteiger partial charge in [0.25, 0.3) is 0 Å². The van der Waals surface area contributed by atoms with Crippen molar-refractivity contribution in [1.82, 2.24) is 5.32 Å². The van der Waals surface area contributed by atoms with E-state index in [2.05, 4.69) is 16.7 Å². The van der Waals surface area contributed by atoms with E-state index in [1.165, 1.54) is 11.3 Å². The molecule has 1 saturated heterocycles. The minimum absolute atomic E-state index is 0.140. The van der Waals surface area contributed by atoms with Crippen LogP contribution in [0.3, 0.4) is 0 Å². The first-order valence-corrected chi connectivity index (χ1v) is 9.60. The zero-order valence-corrected chi connectivity index (χ0v) is 15.0. The molecule has 1 atom stereocenters. The largest absolute Gasteiger partial charge is 0.489 e. The summed E-state index contributed by atoms with van der Waals surface area (Å²) in [4.78, 5) is 13.4. The van der Waals surface area contributed by atoms with E-state index in [-0.39, 0.29) is 12.1 Å². The van der Waals surface area contributed by atoms with Crippen molar-refractivity contribution in [3.05, 3.63) is 46.7 Å². The molecule has 6 heteroatoms. The van der Waals surface area contributed by atoms with Gasteiger partial charge in [0.05, 0.1) is 11.8 Å². The summed E-state index contributed by atoms with van der Waals surface area (Å²) in [5.41, 5.74) is 0.673. The summed E-state index contributed by atoms with van der Waals surface area (Å²) < 4.78 is 11.6. The van der Waals surface area contributed by atoms with Crippen molar-refractivity contribution in [3.8, 4) is 5.75 Å². The fourth-order valence-electron chi connectivity index (χ4n) is 2.74. The lowest BCUT2D eigenvalue weighted by Gasteiger charge is -2.23. The number of rotatable bonds is 7. The van der Waals surface area contributed by atoms with Crippen molar-refractivity contribution in [2.24, 2.45) is 0 Å². The van der Waals surface area contributed by atoms with Crippen molar-refractivity contribution < 1.29 is 14.3 Å². The van der Waals surface area contributed by atoms with Crippen LogP contribution in [0.2, 0.25) is 0 Å². The number of thiophene rings is 1. The van der Waals surface area contributed by atoms with Crippen LogP contribution in [-0.2, 0) is 11.2 Å². The number of ether oxygens (including phenoxy) is 2. The van der Waals surface area contributed by atoms with Crippen molar-refractivity contribution >= 4 is 23.1 Å². The van der Waals surface area contributed by atoms with Gasteiger partial charge in [-0.25, -0.2) is 4.79 Å². The van der Waals surface area contributed by atoms with Crippen molar-refractivity contribution in [2.45, 2.75) is 31.8 Å². The topological polar surface area (TPSA) is 59.6 Å². The Balaban J connectivity index is 1.46. The molecule has 2 N–H and O–H groups in total. The Morgan fingerprint density at radius 2 is 2.16 bits per heavy atom. The number of carbonyl (C=O) groups excluding carboxylic acids is 1. The molecule has 2 heterocycles. The van der Waals surface area contributed by atoms with E-state index in [1.807, 2.05) is 35.7 Å². The highest BCUT2D eigenvalue weighted by atomic mass is 32.1. The monoisotopic (exact) mass is 360 g/mol. The van der Waals surface area contributed by atoms with E-state index in [1.54, 1.807) is 11.3 Å². The molecule has 0 spiro atoms. The number of anilines is 1. The number of hydrogen-bond donors (Lipinski definition) is 2. The summed E-state index contributed by atoms with van der Waals surface area (Å²) in [6.45, 7) is 1.92. The summed E-state index contributed by atoms with van der Waals surface area (Å²) in [5.74, 6) is 0.671. The first kappa shape index (κ1) is 17.8. The van der Waals surface area contributed by atoms with Gasteiger partial charge in [-0.2, -0.15) is 0 Å². The average molecular weight is 360 g/mol. The van der Waals surface area contributed by atoms with E-state index in [9.17, 15) is 4.79 Å². The molecule has 0 aliphatic carbocycles. The number of para-hydroxylation sites is 2. The summed E-state index contributed by atoms with van der Waals surface area (Å²) in [6.07, 6.45) is 4.31. The summed E-state index contributed by atoms with van der Waals surface area (Å²) in [7, 11) is 0. The second-order valence-corrected chi connectivity index (χ2v) is 7.04. The number of benzene rings is 1. The van der Waals surface area contributed by atoms with Gasteiger partial charge in [0.15, 0.2) is 0 Å². The molecule has 1 fully saturated rings. The van der Waals surface area contributed by atoms with E-state index < -0.39 is 0 Å². The maximum atomic E-state index is 12.1. The lowest BCUT2D eigenvalue weighted by atomic mass is 10.1. The van der Waals surface area contributed by atoms with E-state index >= 15 is 0 Å². The maximum Gasteiger partial charge on any atom is 0.319 e. The molecule has 2 amide bonds. The molecule has 1 aromatic carbocycles. The van der Waals surface area contributed by atoms with Gasteiger partial charge < -0.3 is 20.1 Å². The predicted molar refractivity (Wildman–Crippen MR) is 101 cm³/mol. The summed E-state index contributed by atoms with van der Waals surface area (Å²) >= 11 is 1.70. The molecule has 0 radical (unpaired) electrons. The van der Waals surface area contributed by atoms with Crippen molar-refractivity contribution in [1.29, 1.82) is 0 Å². The van der Waals surface area contributed by atoms with Gasteiger partial charge in [-0.3, -0.25) is 0 Å². The molecule has 134 valence electrons. The minimum Gasteiger partial charge on any atom is -0.489 e. The third kappa shape index (κ3) is 5.76. The molecule has 2 aromatic rings. The molecule has 5 nitrogen and oxygen atoms in total. The van der Waals surface area contributed by atoms with Gasteiger partial charge in [0.1, 0.15) is 12.4 Å². The van der Waals surface area contributed by atoms with Crippen LogP contribution >= 0.6 is 11.3 Å². The second kappa shape index (κ2) is 9.44. The predicted octanol–water partition coefficient (Wildman–Crippen LogP) is 4.06. The molecular formula is C19H24N2O3S. The molecule has 0 saturated carbocycles. The maximum absolute atomic E-state index is 12.1. The lowest BCUT2D eigenvalue weighted by Crippen LogP contribution is -2.30. The van der Waals surface area contributed by atoms with Crippen LogP contribution in [0.1, 0.15) is 24.1 Å². The van der Waals surface area contributed by atoms with E-state index in [0.29, 0.717) is 24.6 Å². The van der Waals surface area contributed by atoms with Crippen LogP contribution < -0.4 is 15.4 Å². The smallest absolute Gasteiger partial charge is 0.319 e. The molecule has 25 heavy (non-hydrogen) atoms. The third-order valence-electron chi connectivity index (χ3n) is 4.07. The van der Waals surface area contributed by atoms with Crippen LogP contribution in [0.4, 0.5) is 10.5 Å². The Kier molecular flexibility index (Phi) is 6.71. The van der Waals surface area contributed by atoms with Crippen molar-refractivity contribution in [2.75, 3.05) is 25.1 Å². The Hall–Kier alpha value is -2.05. The molecule has 0 bridgehead atoms. The van der Waals surface area contributed by atoms with Crippen LogP contribution in [0.5, 0.6) is 5.75 Å². The highest BCUT2D eigenvalue weighted by molar-refractivity contribution is 7.09. The Labute approximate surface area is 152 Å². The molecule has 1 aliphatic rings. The molecule has 1 unspecified atom stereocenters. The van der Waals surface area contributed by atoms with Gasteiger partial charge in [0, 0.05) is 18.0 Å². The Morgan fingerprint density at radius 1 is 1.24 bits per heavy atom. The minimum atomic E-state index is -0.221. The zero-order chi connectivity index (χ0) is 17.3. The van der Waals surface area contributed by atoms with Gasteiger partial charge in [-0.1, -0.05) is 18.2 Å². The van der Waals surface area contributed by atoms with Crippen LogP contribution in [0.25, 0.3) is 0 Å². The molecular weight excluding hydrogens is 336 g/mol. The van der Waals surface area contributed by atoms with E-state index in [4.69, 9.17) is 9.47 Å². The summed E-state index contributed by atoms with van der Waals surface area (Å²) in [5, 5.41) is 7.79. The van der Waals surface area contributed by atoms with Gasteiger partial charge in [-0.15, -0.1) is 11.3 Å². The number of nitrogens with one attached hydrogen (secondary N) is 2. The second-order valence-electron chi connectivity index (χ2n) is 6.01. The van der Waals surface area contributed by atoms with E-state index in [0.717, 1.165) is 25.9 Å². The fraction of sp³-hybridized carbons (Fsp3) is 0.421. The first-order chi connectivity index (χ1) is 12.3. The number of carbonyl (C=O) groups is 1. The molecule has 1 aliphatic heterocycles. The standard InChI is InChI=1S/C19H24N2O3S/c22-19(20-11-10-16-7-5-13-25-16)21-17-8-1-2-9-18(17)24-14-15-6-3-4-12-23-15/h1-2,5,7-9,13,15H,3-4,6,10-12,14H2,(H2,20,21,22). The van der Waals surface area contributed by atoms with Crippen LogP contribution in [0, 0.1) is 0 Å². The van der Waals surface area contributed by atoms with Gasteiger partial charge in [-0.05, 0) is 49.3 Å². The molecule has 1 aromatic heterocycles. The Morgan fingerprint density at radius 3 is 2.96 bits per heavy atom. The number of amides is 2. The number of hydrogen-bond acceptors (Lipinski definition) is 4. The average Bonchev–Trinajstić information content (AvgIpc) is 3.15. The lowest BCUT2D eigenvalue weighted by molar-refractivity contribution is -0.0109. The SMILES string of the molecule is O=C(NCCc1cccs1)Nc1ccccc1OCC1CCCCO1. The fourth-order valence-corrected chi connectivity index (χ4v) is 3.45. The third-order valence-corrected chi connectivity index (χ3v) is 5.01. The van der Waals surface area contributed by atoms with Crippen LogP contribution in [-0.4, -0.2) is 31.9 Å².